The molecule has 2 heteroatoms. The van der Waals surface area contributed by atoms with Crippen LogP contribution in [0.1, 0.15) is 26.7 Å². The van der Waals surface area contributed by atoms with Crippen LogP contribution < -0.4 is 5.32 Å². The Hall–Kier alpha value is -0.0800. The molecule has 1 saturated carbocycles. The Morgan fingerprint density at radius 3 is 2.82 bits per heavy atom. The highest BCUT2D eigenvalue weighted by atomic mass is 16.5. The number of ether oxygens (including phenoxy) is 1. The van der Waals surface area contributed by atoms with Crippen LogP contribution in [0.5, 0.6) is 0 Å². The fraction of sp³-hybridized carbons (Fsp3) is 1.00. The molecule has 1 fully saturated rings. The minimum atomic E-state index is 0.355. The third-order valence-corrected chi connectivity index (χ3v) is 2.52. The maximum absolute atomic E-state index is 5.13. The first kappa shape index (κ1) is 9.01. The van der Waals surface area contributed by atoms with Gasteiger partial charge in [-0.25, -0.2) is 0 Å². The normalized spacial score (nSPS) is 31.9. The Labute approximate surface area is 69.3 Å². The van der Waals surface area contributed by atoms with Gasteiger partial charge < -0.3 is 10.1 Å². The second-order valence-corrected chi connectivity index (χ2v) is 3.47. The zero-order valence-corrected chi connectivity index (χ0v) is 7.76. The number of methoxy groups -OCH3 is 1. The molecule has 1 aliphatic rings. The minimum absolute atomic E-state index is 0.355. The molecule has 1 rings (SSSR count). The molecule has 0 saturated heterocycles. The van der Waals surface area contributed by atoms with E-state index in [1.54, 1.807) is 7.11 Å². The lowest BCUT2D eigenvalue weighted by molar-refractivity contribution is 0.116. The summed E-state index contributed by atoms with van der Waals surface area (Å²) >= 11 is 0. The molecule has 1 N–H and O–H groups in total. The van der Waals surface area contributed by atoms with Gasteiger partial charge in [0.2, 0.25) is 0 Å². The van der Waals surface area contributed by atoms with Crippen LogP contribution in [0, 0.1) is 5.92 Å². The van der Waals surface area contributed by atoms with E-state index in [2.05, 4.69) is 19.2 Å². The van der Waals surface area contributed by atoms with Crippen LogP contribution in [0.3, 0.4) is 0 Å². The van der Waals surface area contributed by atoms with Crippen molar-refractivity contribution in [3.05, 3.63) is 0 Å². The molecule has 0 radical (unpaired) electrons. The van der Waals surface area contributed by atoms with Crippen molar-refractivity contribution < 1.29 is 4.74 Å². The lowest BCUT2D eigenvalue weighted by Gasteiger charge is -2.09. The van der Waals surface area contributed by atoms with E-state index >= 15 is 0 Å². The molecule has 2 nitrogen and oxygen atoms in total. The third-order valence-electron chi connectivity index (χ3n) is 2.52. The molecular formula is C9H19NO. The molecule has 11 heavy (non-hydrogen) atoms. The zero-order chi connectivity index (χ0) is 8.27. The van der Waals surface area contributed by atoms with E-state index in [0.717, 1.165) is 18.5 Å². The second-order valence-electron chi connectivity index (χ2n) is 3.47. The first-order chi connectivity index (χ1) is 5.27. The summed E-state index contributed by atoms with van der Waals surface area (Å²) in [5, 5.41) is 3.48. The SMILES string of the molecule is CCC1CC1NCC(C)OC. The van der Waals surface area contributed by atoms with Gasteiger partial charge in [-0.05, 0) is 19.3 Å². The van der Waals surface area contributed by atoms with Gasteiger partial charge in [-0.3, -0.25) is 0 Å². The van der Waals surface area contributed by atoms with Gasteiger partial charge in [-0.1, -0.05) is 13.3 Å². The van der Waals surface area contributed by atoms with E-state index in [1.165, 1.54) is 12.8 Å². The summed E-state index contributed by atoms with van der Waals surface area (Å²) in [6.07, 6.45) is 3.04. The zero-order valence-electron chi connectivity index (χ0n) is 7.76. The molecule has 0 spiro atoms. The average Bonchev–Trinajstić information content (AvgIpc) is 2.78. The maximum Gasteiger partial charge on any atom is 0.0667 e. The minimum Gasteiger partial charge on any atom is -0.380 e. The van der Waals surface area contributed by atoms with Crippen molar-refractivity contribution in [2.45, 2.75) is 38.8 Å². The Kier molecular flexibility index (Phi) is 3.34. The van der Waals surface area contributed by atoms with Crippen LogP contribution in [0.4, 0.5) is 0 Å². The second kappa shape index (κ2) is 4.07. The molecule has 66 valence electrons. The van der Waals surface area contributed by atoms with E-state index in [9.17, 15) is 0 Å². The summed E-state index contributed by atoms with van der Waals surface area (Å²) in [6.45, 7) is 5.35. The van der Waals surface area contributed by atoms with E-state index in [4.69, 9.17) is 4.74 Å². The molecular weight excluding hydrogens is 138 g/mol. The van der Waals surface area contributed by atoms with Crippen LogP contribution in [-0.4, -0.2) is 25.8 Å². The van der Waals surface area contributed by atoms with Crippen molar-refractivity contribution in [1.29, 1.82) is 0 Å². The van der Waals surface area contributed by atoms with Gasteiger partial charge in [0.1, 0.15) is 0 Å². The third kappa shape index (κ3) is 2.80. The summed E-state index contributed by atoms with van der Waals surface area (Å²) in [5.74, 6) is 0.944. The van der Waals surface area contributed by atoms with E-state index in [0.29, 0.717) is 6.10 Å². The first-order valence-corrected chi connectivity index (χ1v) is 4.54. The lowest BCUT2D eigenvalue weighted by Crippen LogP contribution is -2.28. The van der Waals surface area contributed by atoms with Gasteiger partial charge in [-0.15, -0.1) is 0 Å². The van der Waals surface area contributed by atoms with Crippen LogP contribution in [0.25, 0.3) is 0 Å². The fourth-order valence-electron chi connectivity index (χ4n) is 1.35. The van der Waals surface area contributed by atoms with Gasteiger partial charge in [0, 0.05) is 19.7 Å². The maximum atomic E-state index is 5.13. The molecule has 0 aromatic carbocycles. The molecule has 0 bridgehead atoms. The summed E-state index contributed by atoms with van der Waals surface area (Å²) in [5.41, 5.74) is 0. The smallest absolute Gasteiger partial charge is 0.0667 e. The van der Waals surface area contributed by atoms with Crippen molar-refractivity contribution in [2.75, 3.05) is 13.7 Å². The molecule has 1 aliphatic carbocycles. The van der Waals surface area contributed by atoms with E-state index in [1.807, 2.05) is 0 Å². The number of rotatable bonds is 5. The van der Waals surface area contributed by atoms with Gasteiger partial charge in [0.05, 0.1) is 6.10 Å². The van der Waals surface area contributed by atoms with Crippen molar-refractivity contribution in [1.82, 2.24) is 5.32 Å². The largest absolute Gasteiger partial charge is 0.380 e. The Bertz CT molecular complexity index is 116. The Balaban J connectivity index is 1.97. The predicted molar refractivity (Wildman–Crippen MR) is 46.7 cm³/mol. The van der Waals surface area contributed by atoms with Crippen molar-refractivity contribution in [2.24, 2.45) is 5.92 Å². The molecule has 3 unspecified atom stereocenters. The fourth-order valence-corrected chi connectivity index (χ4v) is 1.35. The van der Waals surface area contributed by atoms with Gasteiger partial charge in [0.15, 0.2) is 0 Å². The Morgan fingerprint density at radius 2 is 2.36 bits per heavy atom. The van der Waals surface area contributed by atoms with Crippen LogP contribution in [0.15, 0.2) is 0 Å². The Morgan fingerprint density at radius 1 is 1.64 bits per heavy atom. The first-order valence-electron chi connectivity index (χ1n) is 4.54. The highest BCUT2D eigenvalue weighted by molar-refractivity contribution is 4.92. The lowest BCUT2D eigenvalue weighted by atomic mass is 10.3. The average molecular weight is 157 g/mol. The summed E-state index contributed by atoms with van der Waals surface area (Å²) in [4.78, 5) is 0. The molecule has 0 amide bonds. The molecule has 3 atom stereocenters. The summed E-state index contributed by atoms with van der Waals surface area (Å²) < 4.78 is 5.13. The van der Waals surface area contributed by atoms with E-state index < -0.39 is 0 Å². The highest BCUT2D eigenvalue weighted by Crippen LogP contribution is 2.32. The topological polar surface area (TPSA) is 21.3 Å². The number of hydrogen-bond donors (Lipinski definition) is 1. The van der Waals surface area contributed by atoms with Crippen molar-refractivity contribution in [3.8, 4) is 0 Å². The van der Waals surface area contributed by atoms with Gasteiger partial charge in [-0.2, -0.15) is 0 Å². The molecule has 0 aromatic heterocycles. The molecule has 0 aromatic rings. The highest BCUT2D eigenvalue weighted by Gasteiger charge is 2.34. The monoisotopic (exact) mass is 157 g/mol. The predicted octanol–water partition coefficient (Wildman–Crippen LogP) is 1.41. The van der Waals surface area contributed by atoms with Crippen LogP contribution >= 0.6 is 0 Å². The number of hydrogen-bond acceptors (Lipinski definition) is 2. The standard InChI is InChI=1S/C9H19NO/c1-4-8-5-9(8)10-6-7(2)11-3/h7-10H,4-6H2,1-3H3. The van der Waals surface area contributed by atoms with E-state index in [-0.39, 0.29) is 0 Å². The van der Waals surface area contributed by atoms with Crippen LogP contribution in [0.2, 0.25) is 0 Å². The van der Waals surface area contributed by atoms with Gasteiger partial charge in [0.25, 0.3) is 0 Å². The van der Waals surface area contributed by atoms with Crippen molar-refractivity contribution >= 4 is 0 Å². The van der Waals surface area contributed by atoms with Crippen molar-refractivity contribution in [3.63, 3.8) is 0 Å². The number of nitrogens with one attached hydrogen (secondary N) is 1. The summed E-state index contributed by atoms with van der Waals surface area (Å²) in [7, 11) is 1.76. The quantitative estimate of drug-likeness (QED) is 0.651. The van der Waals surface area contributed by atoms with Gasteiger partial charge >= 0.3 is 0 Å². The molecule has 0 heterocycles. The van der Waals surface area contributed by atoms with Crippen LogP contribution in [-0.2, 0) is 4.74 Å². The summed E-state index contributed by atoms with van der Waals surface area (Å²) in [6, 6.07) is 0.789. The molecule has 0 aliphatic heterocycles.